The number of nitrogens with zero attached hydrogens (tertiary/aromatic N) is 1. The van der Waals surface area contributed by atoms with Gasteiger partial charge in [0, 0.05) is 22.7 Å². The van der Waals surface area contributed by atoms with Crippen LogP contribution in [0.4, 0.5) is 0 Å². The molecule has 0 radical (unpaired) electrons. The minimum atomic E-state index is -0.409. The van der Waals surface area contributed by atoms with E-state index in [1.54, 1.807) is 37.6 Å². The molecule has 1 aromatic heterocycles. The van der Waals surface area contributed by atoms with Crippen LogP contribution in [0.5, 0.6) is 17.2 Å². The molecule has 0 spiro atoms. The maximum absolute atomic E-state index is 13.0. The molecule has 3 rings (SSSR count). The van der Waals surface area contributed by atoms with Gasteiger partial charge >= 0.3 is 0 Å². The zero-order valence-corrected chi connectivity index (χ0v) is 16.3. The van der Waals surface area contributed by atoms with Gasteiger partial charge in [0.1, 0.15) is 17.4 Å². The number of halogens is 1. The number of aromatic amines is 1. The van der Waals surface area contributed by atoms with Gasteiger partial charge in [-0.15, -0.1) is 0 Å². The first-order valence-corrected chi connectivity index (χ1v) is 8.63. The first kappa shape index (κ1) is 19.3. The van der Waals surface area contributed by atoms with E-state index in [9.17, 15) is 10.1 Å². The number of hydrogen-bond donors (Lipinski definition) is 1. The van der Waals surface area contributed by atoms with E-state index < -0.39 is 5.78 Å². The average Bonchev–Trinajstić information content (AvgIpc) is 3.13. The lowest BCUT2D eigenvalue weighted by Crippen LogP contribution is -2.01. The monoisotopic (exact) mass is 396 g/mol. The van der Waals surface area contributed by atoms with Gasteiger partial charge < -0.3 is 19.2 Å². The van der Waals surface area contributed by atoms with Crippen LogP contribution < -0.4 is 14.2 Å². The summed E-state index contributed by atoms with van der Waals surface area (Å²) in [5, 5.41) is 10.6. The summed E-state index contributed by atoms with van der Waals surface area (Å²) in [4.78, 5) is 16.0. The third-order valence-corrected chi connectivity index (χ3v) is 4.55. The Labute approximate surface area is 166 Å². The highest BCUT2D eigenvalue weighted by molar-refractivity contribution is 6.32. The third-order valence-electron chi connectivity index (χ3n) is 4.27. The standard InChI is InChI=1S/C21H17ClN2O4/c1-26-14-4-5-18-15(9-14)16(11-24-18)20(25)13(10-23)6-12-7-17(22)21(28-3)19(8-12)27-2/h4-9,11,24H,1-3H3. The van der Waals surface area contributed by atoms with Gasteiger partial charge in [-0.25, -0.2) is 0 Å². The molecule has 0 aliphatic carbocycles. The highest BCUT2D eigenvalue weighted by Gasteiger charge is 2.18. The number of H-pyrrole nitrogens is 1. The van der Waals surface area contributed by atoms with Gasteiger partial charge in [0.15, 0.2) is 11.5 Å². The van der Waals surface area contributed by atoms with E-state index in [4.69, 9.17) is 25.8 Å². The second-order valence-electron chi connectivity index (χ2n) is 5.85. The number of carbonyl (C=O) groups is 1. The van der Waals surface area contributed by atoms with Crippen LogP contribution in [0.3, 0.4) is 0 Å². The number of ether oxygens (including phenoxy) is 3. The van der Waals surface area contributed by atoms with Crippen LogP contribution in [0, 0.1) is 11.3 Å². The maximum Gasteiger partial charge on any atom is 0.205 e. The van der Waals surface area contributed by atoms with E-state index in [-0.39, 0.29) is 5.57 Å². The Hall–Kier alpha value is -3.43. The number of fused-ring (bicyclic) bond motifs is 1. The Morgan fingerprint density at radius 3 is 2.57 bits per heavy atom. The molecule has 0 fully saturated rings. The van der Waals surface area contributed by atoms with E-state index in [1.807, 2.05) is 12.1 Å². The van der Waals surface area contributed by atoms with Crippen LogP contribution in [0.25, 0.3) is 17.0 Å². The summed E-state index contributed by atoms with van der Waals surface area (Å²) in [6.45, 7) is 0. The summed E-state index contributed by atoms with van der Waals surface area (Å²) in [6.07, 6.45) is 3.05. The van der Waals surface area contributed by atoms with Crippen molar-refractivity contribution in [2.45, 2.75) is 0 Å². The molecule has 28 heavy (non-hydrogen) atoms. The molecule has 0 unspecified atom stereocenters. The molecule has 2 aromatic carbocycles. The van der Waals surface area contributed by atoms with Crippen molar-refractivity contribution >= 4 is 34.4 Å². The molecule has 0 aliphatic heterocycles. The number of Topliss-reactive ketones (excluding diaryl/α,β-unsaturated/α-hetero) is 1. The zero-order valence-electron chi connectivity index (χ0n) is 15.5. The number of nitrogens with one attached hydrogen (secondary N) is 1. The summed E-state index contributed by atoms with van der Waals surface area (Å²) >= 11 is 6.21. The van der Waals surface area contributed by atoms with Gasteiger partial charge in [-0.3, -0.25) is 4.79 Å². The number of nitriles is 1. The quantitative estimate of drug-likeness (QED) is 0.373. The van der Waals surface area contributed by atoms with Crippen LogP contribution in [-0.2, 0) is 0 Å². The smallest absolute Gasteiger partial charge is 0.205 e. The molecule has 1 heterocycles. The van der Waals surface area contributed by atoms with E-state index in [0.717, 1.165) is 5.52 Å². The number of hydrogen-bond acceptors (Lipinski definition) is 5. The molecule has 0 aliphatic rings. The Morgan fingerprint density at radius 1 is 1.14 bits per heavy atom. The first-order chi connectivity index (χ1) is 13.5. The molecule has 0 atom stereocenters. The highest BCUT2D eigenvalue weighted by atomic mass is 35.5. The van der Waals surface area contributed by atoms with Crippen molar-refractivity contribution in [3.63, 3.8) is 0 Å². The second kappa shape index (κ2) is 8.07. The number of ketones is 1. The zero-order chi connectivity index (χ0) is 20.3. The largest absolute Gasteiger partial charge is 0.497 e. The summed E-state index contributed by atoms with van der Waals surface area (Å²) < 4.78 is 15.7. The lowest BCUT2D eigenvalue weighted by Gasteiger charge is -2.10. The van der Waals surface area contributed by atoms with Crippen molar-refractivity contribution in [3.8, 4) is 23.3 Å². The SMILES string of the molecule is COc1ccc2[nH]cc(C(=O)C(C#N)=Cc3cc(Cl)c(OC)c(OC)c3)c2c1. The molecular formula is C21H17ClN2O4. The van der Waals surface area contributed by atoms with Crippen molar-refractivity contribution in [3.05, 3.63) is 58.3 Å². The number of allylic oxidation sites excluding steroid dienone is 1. The van der Waals surface area contributed by atoms with Gasteiger partial charge in [0.05, 0.1) is 26.4 Å². The van der Waals surface area contributed by atoms with Crippen LogP contribution in [0.15, 0.2) is 42.1 Å². The van der Waals surface area contributed by atoms with Crippen molar-refractivity contribution in [2.24, 2.45) is 0 Å². The second-order valence-corrected chi connectivity index (χ2v) is 6.26. The Balaban J connectivity index is 2.06. The van der Waals surface area contributed by atoms with Crippen molar-refractivity contribution in [2.75, 3.05) is 21.3 Å². The summed E-state index contributed by atoms with van der Waals surface area (Å²) in [5.74, 6) is 1.00. The van der Waals surface area contributed by atoms with E-state index >= 15 is 0 Å². The number of rotatable bonds is 6. The van der Waals surface area contributed by atoms with Gasteiger partial charge in [-0.2, -0.15) is 5.26 Å². The number of benzene rings is 2. The first-order valence-electron chi connectivity index (χ1n) is 8.25. The summed E-state index contributed by atoms with van der Waals surface area (Å²) in [7, 11) is 4.52. The summed E-state index contributed by atoms with van der Waals surface area (Å²) in [5.41, 5.74) is 1.67. The van der Waals surface area contributed by atoms with Crippen LogP contribution in [0.1, 0.15) is 15.9 Å². The van der Waals surface area contributed by atoms with Crippen molar-refractivity contribution in [1.29, 1.82) is 5.26 Å². The Morgan fingerprint density at radius 2 is 1.93 bits per heavy atom. The molecule has 0 bridgehead atoms. The molecule has 0 saturated heterocycles. The average molecular weight is 397 g/mol. The number of methoxy groups -OCH3 is 3. The molecule has 6 nitrogen and oxygen atoms in total. The van der Waals surface area contributed by atoms with Gasteiger partial charge in [0.25, 0.3) is 0 Å². The molecule has 0 amide bonds. The Kier molecular flexibility index (Phi) is 5.57. The fourth-order valence-corrected chi connectivity index (χ4v) is 3.19. The minimum absolute atomic E-state index is 0.0352. The lowest BCUT2D eigenvalue weighted by atomic mass is 10.0. The molecule has 7 heteroatoms. The lowest BCUT2D eigenvalue weighted by molar-refractivity contribution is 0.104. The van der Waals surface area contributed by atoms with Crippen molar-refractivity contribution < 1.29 is 19.0 Å². The highest BCUT2D eigenvalue weighted by Crippen LogP contribution is 2.36. The van der Waals surface area contributed by atoms with E-state index in [2.05, 4.69) is 4.98 Å². The summed E-state index contributed by atoms with van der Waals surface area (Å²) in [6, 6.07) is 10.6. The van der Waals surface area contributed by atoms with E-state index in [0.29, 0.717) is 38.8 Å². The van der Waals surface area contributed by atoms with Gasteiger partial charge in [0.2, 0.25) is 5.78 Å². The predicted octanol–water partition coefficient (Wildman–Crippen LogP) is 4.64. The predicted molar refractivity (Wildman–Crippen MR) is 107 cm³/mol. The topological polar surface area (TPSA) is 84.3 Å². The van der Waals surface area contributed by atoms with Gasteiger partial charge in [-0.1, -0.05) is 11.6 Å². The molecule has 3 aromatic rings. The maximum atomic E-state index is 13.0. The normalized spacial score (nSPS) is 11.2. The molecule has 0 saturated carbocycles. The molecular weight excluding hydrogens is 380 g/mol. The van der Waals surface area contributed by atoms with Crippen LogP contribution in [0.2, 0.25) is 5.02 Å². The van der Waals surface area contributed by atoms with Crippen LogP contribution >= 0.6 is 11.6 Å². The fraction of sp³-hybridized carbons (Fsp3) is 0.143. The fourth-order valence-electron chi connectivity index (χ4n) is 2.90. The van der Waals surface area contributed by atoms with E-state index in [1.165, 1.54) is 20.3 Å². The number of carbonyl (C=O) groups excluding carboxylic acids is 1. The third kappa shape index (κ3) is 3.53. The van der Waals surface area contributed by atoms with Crippen molar-refractivity contribution in [1.82, 2.24) is 4.98 Å². The van der Waals surface area contributed by atoms with Gasteiger partial charge in [-0.05, 0) is 42.0 Å². The van der Waals surface area contributed by atoms with Crippen LogP contribution in [-0.4, -0.2) is 32.1 Å². The minimum Gasteiger partial charge on any atom is -0.497 e. The Bertz CT molecular complexity index is 1130. The molecule has 142 valence electrons. The number of aromatic nitrogens is 1. The molecule has 1 N–H and O–H groups in total.